The Morgan fingerprint density at radius 3 is 2.39 bits per heavy atom. The van der Waals surface area contributed by atoms with Crippen molar-refractivity contribution in [3.8, 4) is 0 Å². The minimum absolute atomic E-state index is 0.0917. The topological polar surface area (TPSA) is 121 Å². The summed E-state index contributed by atoms with van der Waals surface area (Å²) in [6.07, 6.45) is 0.0917. The minimum Gasteiger partial charge on any atom is -0.353 e. The molecule has 0 aliphatic rings. The second-order valence-corrected chi connectivity index (χ2v) is 9.55. The van der Waals surface area contributed by atoms with E-state index in [0.29, 0.717) is 5.52 Å². The van der Waals surface area contributed by atoms with Crippen LogP contribution in [0.15, 0.2) is 64.2 Å². The Bertz CT molecular complexity index is 1300. The first-order valence-electron chi connectivity index (χ1n) is 9.66. The molecule has 1 aromatic heterocycles. The van der Waals surface area contributed by atoms with E-state index in [-0.39, 0.29) is 24.1 Å². The highest BCUT2D eigenvalue weighted by Gasteiger charge is 2.26. The lowest BCUT2D eigenvalue weighted by molar-refractivity contribution is -0.124. The first-order chi connectivity index (χ1) is 14.7. The molecule has 0 fully saturated rings. The Balaban J connectivity index is 1.98. The van der Waals surface area contributed by atoms with Crippen LogP contribution in [0.5, 0.6) is 0 Å². The lowest BCUT2D eigenvalue weighted by Crippen LogP contribution is -2.46. The van der Waals surface area contributed by atoms with Gasteiger partial charge in [0.15, 0.2) is 0 Å². The second kappa shape index (κ2) is 9.27. The zero-order chi connectivity index (χ0) is 22.6. The van der Waals surface area contributed by atoms with E-state index in [2.05, 4.69) is 10.3 Å². The summed E-state index contributed by atoms with van der Waals surface area (Å²) in [6, 6.07) is 14.4. The molecule has 0 spiro atoms. The zero-order valence-electron chi connectivity index (χ0n) is 17.2. The van der Waals surface area contributed by atoms with Gasteiger partial charge in [0.05, 0.1) is 16.7 Å². The van der Waals surface area contributed by atoms with Crippen molar-refractivity contribution in [1.29, 1.82) is 0 Å². The lowest BCUT2D eigenvalue weighted by atomic mass is 10.0. The maximum absolute atomic E-state index is 13.1. The van der Waals surface area contributed by atoms with Crippen molar-refractivity contribution in [2.24, 2.45) is 0 Å². The summed E-state index contributed by atoms with van der Waals surface area (Å²) >= 11 is 0. The molecule has 10 heteroatoms. The molecule has 0 aliphatic carbocycles. The van der Waals surface area contributed by atoms with Gasteiger partial charge >= 0.3 is 5.69 Å². The van der Waals surface area contributed by atoms with Crippen LogP contribution in [0.2, 0.25) is 0 Å². The van der Waals surface area contributed by atoms with Gasteiger partial charge in [-0.25, -0.2) is 22.1 Å². The van der Waals surface area contributed by atoms with Gasteiger partial charge in [-0.05, 0) is 17.7 Å². The number of benzene rings is 2. The average molecular weight is 445 g/mol. The molecule has 31 heavy (non-hydrogen) atoms. The molecular weight excluding hydrogens is 420 g/mol. The number of amides is 1. The third kappa shape index (κ3) is 5.09. The van der Waals surface area contributed by atoms with E-state index < -0.39 is 33.2 Å². The van der Waals surface area contributed by atoms with E-state index >= 15 is 0 Å². The molecule has 1 heterocycles. The van der Waals surface area contributed by atoms with Gasteiger partial charge in [0.25, 0.3) is 5.56 Å². The SMILES string of the molecule is CN(C)S(=O)(=O)CCNC(=O)[C@@H](Cc1ccccc1)n1c(=O)[nH]c2ccccc2c1=O. The third-order valence-electron chi connectivity index (χ3n) is 4.94. The fourth-order valence-corrected chi connectivity index (χ4v) is 3.93. The van der Waals surface area contributed by atoms with Crippen LogP contribution < -0.4 is 16.6 Å². The monoisotopic (exact) mass is 444 g/mol. The molecule has 0 unspecified atom stereocenters. The highest BCUT2D eigenvalue weighted by Crippen LogP contribution is 2.13. The Labute approximate surface area is 179 Å². The highest BCUT2D eigenvalue weighted by atomic mass is 32.2. The first-order valence-corrected chi connectivity index (χ1v) is 11.3. The number of para-hydroxylation sites is 1. The summed E-state index contributed by atoms with van der Waals surface area (Å²) in [6.45, 7) is -0.148. The smallest absolute Gasteiger partial charge is 0.329 e. The molecule has 2 N–H and O–H groups in total. The number of nitrogens with one attached hydrogen (secondary N) is 2. The molecule has 3 aromatic rings. The van der Waals surface area contributed by atoms with Crippen LogP contribution in [0.25, 0.3) is 10.9 Å². The summed E-state index contributed by atoms with van der Waals surface area (Å²) in [4.78, 5) is 41.5. The Kier molecular flexibility index (Phi) is 6.71. The maximum Gasteiger partial charge on any atom is 0.329 e. The lowest BCUT2D eigenvalue weighted by Gasteiger charge is -2.20. The fraction of sp³-hybridized carbons (Fsp3) is 0.286. The van der Waals surface area contributed by atoms with E-state index in [4.69, 9.17) is 0 Å². The molecule has 0 saturated carbocycles. The van der Waals surface area contributed by atoms with Crippen LogP contribution in [-0.4, -0.2) is 54.6 Å². The Morgan fingerprint density at radius 2 is 1.71 bits per heavy atom. The van der Waals surface area contributed by atoms with Crippen molar-refractivity contribution in [3.05, 3.63) is 81.0 Å². The number of H-pyrrole nitrogens is 1. The maximum atomic E-state index is 13.1. The van der Waals surface area contributed by atoms with Gasteiger partial charge in [-0.2, -0.15) is 0 Å². The molecule has 2 aromatic carbocycles. The van der Waals surface area contributed by atoms with Gasteiger partial charge in [0, 0.05) is 27.1 Å². The summed E-state index contributed by atoms with van der Waals surface area (Å²) in [7, 11) is -0.693. The molecule has 9 nitrogen and oxygen atoms in total. The number of hydrogen-bond acceptors (Lipinski definition) is 5. The fourth-order valence-electron chi connectivity index (χ4n) is 3.20. The van der Waals surface area contributed by atoms with E-state index in [1.807, 2.05) is 6.07 Å². The number of fused-ring (bicyclic) bond motifs is 1. The number of carbonyl (C=O) groups is 1. The number of hydrogen-bond donors (Lipinski definition) is 2. The van der Waals surface area contributed by atoms with E-state index in [1.165, 1.54) is 14.1 Å². The molecule has 164 valence electrons. The van der Waals surface area contributed by atoms with Crippen molar-refractivity contribution in [3.63, 3.8) is 0 Å². The predicted octanol–water partition coefficient (Wildman–Crippen LogP) is 0.481. The molecular formula is C21H24N4O5S. The van der Waals surface area contributed by atoms with Gasteiger partial charge in [0.2, 0.25) is 15.9 Å². The number of aromatic amines is 1. The Morgan fingerprint density at radius 1 is 1.06 bits per heavy atom. The van der Waals surface area contributed by atoms with Crippen LogP contribution >= 0.6 is 0 Å². The first kappa shape index (κ1) is 22.4. The van der Waals surface area contributed by atoms with Crippen LogP contribution in [0.3, 0.4) is 0 Å². The highest BCUT2D eigenvalue weighted by molar-refractivity contribution is 7.89. The van der Waals surface area contributed by atoms with Gasteiger partial charge in [-0.3, -0.25) is 9.59 Å². The number of carbonyl (C=O) groups excluding carboxylic acids is 1. The summed E-state index contributed by atoms with van der Waals surface area (Å²) < 4.78 is 25.9. The van der Waals surface area contributed by atoms with Crippen LogP contribution in [0.1, 0.15) is 11.6 Å². The number of aromatic nitrogens is 2. The van der Waals surface area contributed by atoms with Gasteiger partial charge < -0.3 is 10.3 Å². The van der Waals surface area contributed by atoms with Crippen molar-refractivity contribution >= 4 is 26.8 Å². The molecule has 0 radical (unpaired) electrons. The largest absolute Gasteiger partial charge is 0.353 e. The van der Waals surface area contributed by atoms with E-state index in [0.717, 1.165) is 14.4 Å². The minimum atomic E-state index is -3.51. The van der Waals surface area contributed by atoms with Crippen LogP contribution in [0, 0.1) is 0 Å². The van der Waals surface area contributed by atoms with Gasteiger partial charge in [-0.1, -0.05) is 42.5 Å². The molecule has 1 amide bonds. The van der Waals surface area contributed by atoms with Gasteiger partial charge in [0.1, 0.15) is 6.04 Å². The summed E-state index contributed by atoms with van der Waals surface area (Å²) in [5.41, 5.74) is -0.162. The predicted molar refractivity (Wildman–Crippen MR) is 118 cm³/mol. The molecule has 0 aliphatic heterocycles. The summed E-state index contributed by atoms with van der Waals surface area (Å²) in [5, 5.41) is 2.84. The van der Waals surface area contributed by atoms with Crippen molar-refractivity contribution in [2.75, 3.05) is 26.4 Å². The normalized spacial score (nSPS) is 12.7. The third-order valence-corrected chi connectivity index (χ3v) is 6.77. The average Bonchev–Trinajstić information content (AvgIpc) is 2.73. The number of sulfonamides is 1. The molecule has 3 rings (SSSR count). The van der Waals surface area contributed by atoms with Crippen molar-refractivity contribution in [1.82, 2.24) is 19.2 Å². The molecule has 1 atom stereocenters. The van der Waals surface area contributed by atoms with Crippen LogP contribution in [-0.2, 0) is 21.2 Å². The quantitative estimate of drug-likeness (QED) is 0.524. The molecule has 0 bridgehead atoms. The Hall–Kier alpha value is -3.24. The standard InChI is InChI=1S/C21H24N4O5S/c1-24(2)31(29,30)13-12-22-19(26)18(14-15-8-4-3-5-9-15)25-20(27)16-10-6-7-11-17(16)23-21(25)28/h3-11,18H,12-14H2,1-2H3,(H,22,26)(H,23,28)/t18-/m1/s1. The second-order valence-electron chi connectivity index (χ2n) is 7.25. The van der Waals surface area contributed by atoms with E-state index in [9.17, 15) is 22.8 Å². The van der Waals surface area contributed by atoms with Crippen LogP contribution in [0.4, 0.5) is 0 Å². The van der Waals surface area contributed by atoms with Crippen molar-refractivity contribution < 1.29 is 13.2 Å². The number of nitrogens with zero attached hydrogens (tertiary/aromatic N) is 2. The number of rotatable bonds is 8. The summed E-state index contributed by atoms with van der Waals surface area (Å²) in [5.74, 6) is -0.909. The molecule has 0 saturated heterocycles. The van der Waals surface area contributed by atoms with Crippen molar-refractivity contribution in [2.45, 2.75) is 12.5 Å². The van der Waals surface area contributed by atoms with E-state index in [1.54, 1.807) is 48.5 Å². The zero-order valence-corrected chi connectivity index (χ0v) is 18.1. The van der Waals surface area contributed by atoms with Gasteiger partial charge in [-0.15, -0.1) is 0 Å².